The molecule has 0 spiro atoms. The second-order valence-electron chi connectivity index (χ2n) is 10.2. The monoisotopic (exact) mass is 557 g/mol. The van der Waals surface area contributed by atoms with Gasteiger partial charge in [0.25, 0.3) is 5.91 Å². The molecule has 194 valence electrons. The van der Waals surface area contributed by atoms with E-state index >= 15 is 0 Å². The number of rotatable bonds is 6. The van der Waals surface area contributed by atoms with Crippen LogP contribution >= 0.6 is 15.9 Å². The molecule has 0 unspecified atom stereocenters. The third-order valence-electron chi connectivity index (χ3n) is 6.19. The third kappa shape index (κ3) is 6.87. The van der Waals surface area contributed by atoms with Crippen molar-refractivity contribution in [1.29, 1.82) is 0 Å². The van der Waals surface area contributed by atoms with Gasteiger partial charge in [0.1, 0.15) is 11.6 Å². The average molecular weight is 559 g/mol. The summed E-state index contributed by atoms with van der Waals surface area (Å²) < 4.78 is 6.32. The van der Waals surface area contributed by atoms with Crippen molar-refractivity contribution in [3.63, 3.8) is 0 Å². The van der Waals surface area contributed by atoms with Gasteiger partial charge in [-0.05, 0) is 56.5 Å². The number of nitrogens with one attached hydrogen (secondary N) is 2. The second kappa shape index (κ2) is 11.9. The Hall–Kier alpha value is -2.87. The minimum Gasteiger partial charge on any atom is -0.444 e. The zero-order valence-corrected chi connectivity index (χ0v) is 23.2. The van der Waals surface area contributed by atoms with Gasteiger partial charge >= 0.3 is 6.09 Å². The van der Waals surface area contributed by atoms with Crippen LogP contribution in [0.4, 0.5) is 4.79 Å². The van der Waals surface area contributed by atoms with E-state index in [1.54, 1.807) is 43.9 Å². The Labute approximate surface area is 222 Å². The topological polar surface area (TPSA) is 87.7 Å². The molecule has 0 radical (unpaired) electrons. The molecule has 2 aromatic carbocycles. The summed E-state index contributed by atoms with van der Waals surface area (Å²) in [5, 5.41) is 6.01. The normalized spacial score (nSPS) is 19.6. The number of carbonyl (C=O) groups is 3. The van der Waals surface area contributed by atoms with Crippen molar-refractivity contribution in [3.05, 3.63) is 69.7 Å². The fourth-order valence-electron chi connectivity index (χ4n) is 4.52. The highest BCUT2D eigenvalue weighted by Gasteiger charge is 2.43. The molecule has 0 bridgehead atoms. The first-order valence-corrected chi connectivity index (χ1v) is 13.2. The van der Waals surface area contributed by atoms with Gasteiger partial charge in [0, 0.05) is 29.0 Å². The number of alkyl carbamates (subject to hydrolysis) is 1. The van der Waals surface area contributed by atoms with Crippen molar-refractivity contribution in [1.82, 2.24) is 15.5 Å². The summed E-state index contributed by atoms with van der Waals surface area (Å²) in [5.74, 6) is -0.909. The Balaban J connectivity index is 2.06. The molecule has 1 aliphatic heterocycles. The highest BCUT2D eigenvalue weighted by Crippen LogP contribution is 2.36. The molecular formula is C28H36BrN3O4. The quantitative estimate of drug-likeness (QED) is 0.453. The smallest absolute Gasteiger partial charge is 0.408 e. The highest BCUT2D eigenvalue weighted by molar-refractivity contribution is 9.10. The van der Waals surface area contributed by atoms with Gasteiger partial charge in [-0.15, -0.1) is 0 Å². The minimum absolute atomic E-state index is 0.233. The average Bonchev–Trinajstić information content (AvgIpc) is 2.92. The molecule has 0 fully saturated rings. The summed E-state index contributed by atoms with van der Waals surface area (Å²) in [6.45, 7) is 10.1. The summed E-state index contributed by atoms with van der Waals surface area (Å²) in [7, 11) is 0. The Bertz CT molecular complexity index is 1100. The van der Waals surface area contributed by atoms with E-state index in [1.807, 2.05) is 37.3 Å². The summed E-state index contributed by atoms with van der Waals surface area (Å²) in [5.41, 5.74) is 1.56. The van der Waals surface area contributed by atoms with Gasteiger partial charge in [-0.2, -0.15) is 0 Å². The molecule has 0 aliphatic carbocycles. The van der Waals surface area contributed by atoms with Crippen molar-refractivity contribution >= 4 is 33.8 Å². The predicted octanol–water partition coefficient (Wildman–Crippen LogP) is 5.59. The SMILES string of the molecule is CCCCNC(=O)[C@@H]1[C@@H](C)[C@H](NC(=O)OC(C)(C)C)c2ccccc2CN1C(=O)c1cccc(Br)c1. The van der Waals surface area contributed by atoms with E-state index in [4.69, 9.17) is 4.74 Å². The van der Waals surface area contributed by atoms with Crippen LogP contribution in [0.2, 0.25) is 0 Å². The first kappa shape index (κ1) is 27.7. The maximum Gasteiger partial charge on any atom is 0.408 e. The summed E-state index contributed by atoms with van der Waals surface area (Å²) in [4.78, 5) is 41.9. The lowest BCUT2D eigenvalue weighted by Gasteiger charge is -2.35. The van der Waals surface area contributed by atoms with Gasteiger partial charge in [-0.25, -0.2) is 4.79 Å². The minimum atomic E-state index is -0.805. The number of hydrogen-bond donors (Lipinski definition) is 2. The number of hydrogen-bond acceptors (Lipinski definition) is 4. The van der Waals surface area contributed by atoms with Crippen LogP contribution in [0.15, 0.2) is 53.0 Å². The number of nitrogens with zero attached hydrogens (tertiary/aromatic N) is 1. The number of halogens is 1. The van der Waals surface area contributed by atoms with Crippen LogP contribution in [0.5, 0.6) is 0 Å². The Kier molecular flexibility index (Phi) is 9.17. The van der Waals surface area contributed by atoms with E-state index in [9.17, 15) is 14.4 Å². The maximum absolute atomic E-state index is 13.8. The van der Waals surface area contributed by atoms with Crippen molar-refractivity contribution in [3.8, 4) is 0 Å². The lowest BCUT2D eigenvalue weighted by Crippen LogP contribution is -2.54. The second-order valence-corrected chi connectivity index (χ2v) is 11.1. The molecule has 3 rings (SSSR count). The van der Waals surface area contributed by atoms with E-state index < -0.39 is 29.7 Å². The molecule has 8 heteroatoms. The lowest BCUT2D eigenvalue weighted by atomic mass is 9.87. The lowest BCUT2D eigenvalue weighted by molar-refractivity contribution is -0.127. The molecule has 2 aromatic rings. The zero-order chi connectivity index (χ0) is 26.5. The van der Waals surface area contributed by atoms with Gasteiger partial charge in [0.15, 0.2) is 0 Å². The van der Waals surface area contributed by atoms with Crippen LogP contribution in [0, 0.1) is 5.92 Å². The van der Waals surface area contributed by atoms with E-state index in [1.165, 1.54) is 0 Å². The molecular weight excluding hydrogens is 522 g/mol. The Morgan fingerprint density at radius 1 is 1.11 bits per heavy atom. The van der Waals surface area contributed by atoms with E-state index in [0.717, 1.165) is 28.4 Å². The van der Waals surface area contributed by atoms with Crippen molar-refractivity contribution in [2.45, 2.75) is 71.7 Å². The standard InChI is InChI=1S/C28H36BrN3O4/c1-6-7-15-30-25(33)24-18(2)23(31-27(35)36-28(3,4)5)22-14-9-8-11-20(22)17-32(24)26(34)19-12-10-13-21(29)16-19/h8-14,16,18,23-24H,6-7,15,17H2,1-5H3,(H,30,33)(H,31,35)/t18-,23-,24-/m0/s1. The summed E-state index contributed by atoms with van der Waals surface area (Å²) in [6.07, 6.45) is 1.22. The van der Waals surface area contributed by atoms with Gasteiger partial charge in [0.2, 0.25) is 5.91 Å². The van der Waals surface area contributed by atoms with Crippen LogP contribution in [0.25, 0.3) is 0 Å². The largest absolute Gasteiger partial charge is 0.444 e. The molecule has 0 saturated carbocycles. The molecule has 7 nitrogen and oxygen atoms in total. The molecule has 1 aliphatic rings. The molecule has 3 amide bonds. The third-order valence-corrected chi connectivity index (χ3v) is 6.69. The number of carbonyl (C=O) groups excluding carboxylic acids is 3. The van der Waals surface area contributed by atoms with E-state index in [-0.39, 0.29) is 18.4 Å². The Morgan fingerprint density at radius 3 is 2.50 bits per heavy atom. The van der Waals surface area contributed by atoms with Crippen LogP contribution in [-0.4, -0.2) is 41.0 Å². The van der Waals surface area contributed by atoms with Crippen LogP contribution < -0.4 is 10.6 Å². The van der Waals surface area contributed by atoms with Crippen molar-refractivity contribution in [2.24, 2.45) is 5.92 Å². The number of unbranched alkanes of at least 4 members (excludes halogenated alkanes) is 1. The van der Waals surface area contributed by atoms with Crippen LogP contribution in [-0.2, 0) is 16.1 Å². The number of amides is 3. The molecule has 3 atom stereocenters. The van der Waals surface area contributed by atoms with Crippen molar-refractivity contribution < 1.29 is 19.1 Å². The van der Waals surface area contributed by atoms with E-state index in [0.29, 0.717) is 12.1 Å². The first-order valence-electron chi connectivity index (χ1n) is 12.4. The van der Waals surface area contributed by atoms with Gasteiger partial charge in [0.05, 0.1) is 6.04 Å². The van der Waals surface area contributed by atoms with Gasteiger partial charge < -0.3 is 20.3 Å². The van der Waals surface area contributed by atoms with Gasteiger partial charge in [-0.1, -0.05) is 66.5 Å². The molecule has 2 N–H and O–H groups in total. The highest BCUT2D eigenvalue weighted by atomic mass is 79.9. The fourth-order valence-corrected chi connectivity index (χ4v) is 4.91. The zero-order valence-electron chi connectivity index (χ0n) is 21.6. The number of ether oxygens (including phenoxy) is 1. The summed E-state index contributed by atoms with van der Waals surface area (Å²) in [6, 6.07) is 13.5. The van der Waals surface area contributed by atoms with Crippen LogP contribution in [0.1, 0.15) is 75.0 Å². The van der Waals surface area contributed by atoms with Crippen LogP contribution in [0.3, 0.4) is 0 Å². The Morgan fingerprint density at radius 2 is 1.83 bits per heavy atom. The van der Waals surface area contributed by atoms with E-state index in [2.05, 4.69) is 33.5 Å². The molecule has 0 saturated heterocycles. The fraction of sp³-hybridized carbons (Fsp3) is 0.464. The van der Waals surface area contributed by atoms with Crippen molar-refractivity contribution in [2.75, 3.05) is 6.54 Å². The number of benzene rings is 2. The molecule has 1 heterocycles. The molecule has 0 aromatic heterocycles. The first-order chi connectivity index (χ1) is 17.0. The summed E-state index contributed by atoms with van der Waals surface area (Å²) >= 11 is 3.44. The predicted molar refractivity (Wildman–Crippen MR) is 143 cm³/mol. The maximum atomic E-state index is 13.8. The number of fused-ring (bicyclic) bond motifs is 1. The molecule has 36 heavy (non-hydrogen) atoms. The van der Waals surface area contributed by atoms with Gasteiger partial charge in [-0.3, -0.25) is 9.59 Å².